The standard InChI is InChI=1S/C25H41NO4/c1-15(27)18-6-7-19-17-5-4-16-12-22(28)21(26-8-10-30-11-9-26)14-24(16,2)20(17)13-23(29)25(18,19)3/h16-23,28-29H,4-14H2,1-3H3/t16-,17-,18+,19-,20-,21-,22-,23+,24-,25+/m0/s1. The van der Waals surface area contributed by atoms with Gasteiger partial charge in [0.25, 0.3) is 0 Å². The van der Waals surface area contributed by atoms with Crippen LogP contribution in [0.15, 0.2) is 0 Å². The molecular formula is C25H41NO4. The summed E-state index contributed by atoms with van der Waals surface area (Å²) in [4.78, 5) is 14.9. The first-order valence-electron chi connectivity index (χ1n) is 12.4. The van der Waals surface area contributed by atoms with Gasteiger partial charge in [-0.25, -0.2) is 0 Å². The van der Waals surface area contributed by atoms with E-state index >= 15 is 0 Å². The van der Waals surface area contributed by atoms with Crippen molar-refractivity contribution in [3.63, 3.8) is 0 Å². The molecule has 0 aromatic carbocycles. The number of carbonyl (C=O) groups excluding carboxylic acids is 1. The third-order valence-corrected chi connectivity index (χ3v) is 10.8. The molecule has 0 amide bonds. The fraction of sp³-hybridized carbons (Fsp3) is 0.960. The number of aliphatic hydroxyl groups is 2. The van der Waals surface area contributed by atoms with E-state index in [1.807, 2.05) is 0 Å². The Bertz CT molecular complexity index is 678. The number of aliphatic hydroxyl groups excluding tert-OH is 2. The van der Waals surface area contributed by atoms with Crippen LogP contribution in [0.25, 0.3) is 0 Å². The zero-order chi connectivity index (χ0) is 21.3. The van der Waals surface area contributed by atoms with Gasteiger partial charge in [-0.15, -0.1) is 0 Å². The van der Waals surface area contributed by atoms with Crippen LogP contribution in [0.5, 0.6) is 0 Å². The van der Waals surface area contributed by atoms with Crippen molar-refractivity contribution in [1.29, 1.82) is 0 Å². The van der Waals surface area contributed by atoms with Crippen molar-refractivity contribution >= 4 is 5.78 Å². The second-order valence-electron chi connectivity index (χ2n) is 11.7. The Labute approximate surface area is 181 Å². The van der Waals surface area contributed by atoms with Crippen molar-refractivity contribution < 1.29 is 19.7 Å². The molecule has 5 aliphatic rings. The maximum Gasteiger partial charge on any atom is 0.133 e. The molecule has 0 aromatic heterocycles. The minimum atomic E-state index is -0.385. The van der Waals surface area contributed by atoms with Crippen molar-refractivity contribution in [2.24, 2.45) is 40.4 Å². The van der Waals surface area contributed by atoms with E-state index in [1.54, 1.807) is 6.92 Å². The lowest BCUT2D eigenvalue weighted by molar-refractivity contribution is -0.185. The Kier molecular flexibility index (Phi) is 5.37. The average molecular weight is 420 g/mol. The van der Waals surface area contributed by atoms with E-state index in [0.717, 1.165) is 58.4 Å². The minimum Gasteiger partial charge on any atom is -0.393 e. The van der Waals surface area contributed by atoms with Crippen LogP contribution in [-0.2, 0) is 9.53 Å². The first kappa shape index (κ1) is 21.4. The summed E-state index contributed by atoms with van der Waals surface area (Å²) in [6, 6.07) is 0.216. The third-order valence-electron chi connectivity index (χ3n) is 10.8. The van der Waals surface area contributed by atoms with Gasteiger partial charge in [0, 0.05) is 30.5 Å². The summed E-state index contributed by atoms with van der Waals surface area (Å²) < 4.78 is 5.56. The van der Waals surface area contributed by atoms with Crippen molar-refractivity contribution in [2.75, 3.05) is 26.3 Å². The Hall–Kier alpha value is -0.490. The number of hydrogen-bond acceptors (Lipinski definition) is 5. The molecule has 30 heavy (non-hydrogen) atoms. The van der Waals surface area contributed by atoms with E-state index in [-0.39, 0.29) is 40.8 Å². The van der Waals surface area contributed by atoms with Crippen LogP contribution < -0.4 is 0 Å². The van der Waals surface area contributed by atoms with Crippen LogP contribution in [0.1, 0.15) is 65.7 Å². The van der Waals surface area contributed by atoms with Gasteiger partial charge in [-0.3, -0.25) is 9.69 Å². The van der Waals surface area contributed by atoms with Gasteiger partial charge in [-0.2, -0.15) is 0 Å². The van der Waals surface area contributed by atoms with Gasteiger partial charge in [-0.05, 0) is 81.0 Å². The van der Waals surface area contributed by atoms with Crippen molar-refractivity contribution in [1.82, 2.24) is 4.90 Å². The highest BCUT2D eigenvalue weighted by Crippen LogP contribution is 2.67. The number of ether oxygens (including phenoxy) is 1. The van der Waals surface area contributed by atoms with Crippen molar-refractivity contribution in [2.45, 2.75) is 84.0 Å². The summed E-state index contributed by atoms with van der Waals surface area (Å²) in [5.41, 5.74) is -0.0737. The molecule has 0 unspecified atom stereocenters. The molecule has 0 radical (unpaired) electrons. The van der Waals surface area contributed by atoms with Crippen LogP contribution in [0.4, 0.5) is 0 Å². The topological polar surface area (TPSA) is 70.0 Å². The molecule has 4 saturated carbocycles. The Morgan fingerprint density at radius 1 is 1.00 bits per heavy atom. The highest BCUT2D eigenvalue weighted by atomic mass is 16.5. The average Bonchev–Trinajstić information content (AvgIpc) is 3.09. The molecule has 4 aliphatic carbocycles. The summed E-state index contributed by atoms with van der Waals surface area (Å²) in [6.45, 7) is 9.78. The highest BCUT2D eigenvalue weighted by Gasteiger charge is 2.64. The fourth-order valence-electron chi connectivity index (χ4n) is 9.18. The predicted molar refractivity (Wildman–Crippen MR) is 115 cm³/mol. The SMILES string of the molecule is CC(=O)[C@H]1CC[C@H]2[C@@H]3CC[C@H]4C[C@H](O)[C@@H](N5CCOCC5)C[C@]4(C)[C@H]3C[C@@H](O)[C@]12C. The van der Waals surface area contributed by atoms with Crippen LogP contribution in [0.2, 0.25) is 0 Å². The molecule has 5 fully saturated rings. The van der Waals surface area contributed by atoms with E-state index in [9.17, 15) is 15.0 Å². The molecule has 1 heterocycles. The molecule has 0 bridgehead atoms. The Morgan fingerprint density at radius 3 is 2.43 bits per heavy atom. The van der Waals surface area contributed by atoms with Gasteiger partial charge in [0.2, 0.25) is 0 Å². The van der Waals surface area contributed by atoms with Gasteiger partial charge in [-0.1, -0.05) is 13.8 Å². The second-order valence-corrected chi connectivity index (χ2v) is 11.7. The first-order chi connectivity index (χ1) is 14.3. The Morgan fingerprint density at radius 2 is 1.73 bits per heavy atom. The monoisotopic (exact) mass is 419 g/mol. The molecule has 5 nitrogen and oxygen atoms in total. The number of morpholine rings is 1. The molecule has 0 aromatic rings. The van der Waals surface area contributed by atoms with Gasteiger partial charge in [0.15, 0.2) is 0 Å². The quantitative estimate of drug-likeness (QED) is 0.720. The van der Waals surface area contributed by atoms with Gasteiger partial charge in [0.1, 0.15) is 5.78 Å². The minimum absolute atomic E-state index is 0.0262. The maximum atomic E-state index is 12.4. The first-order valence-corrected chi connectivity index (χ1v) is 12.4. The number of carbonyl (C=O) groups is 1. The molecule has 10 atom stereocenters. The zero-order valence-corrected chi connectivity index (χ0v) is 19.1. The van der Waals surface area contributed by atoms with E-state index < -0.39 is 0 Å². The number of fused-ring (bicyclic) bond motifs is 5. The molecule has 2 N–H and O–H groups in total. The third kappa shape index (κ3) is 2.98. The molecule has 1 saturated heterocycles. The summed E-state index contributed by atoms with van der Waals surface area (Å²) >= 11 is 0. The number of rotatable bonds is 2. The number of Topliss-reactive ketones (excluding diaryl/α,β-unsaturated/α-hetero) is 1. The summed E-state index contributed by atoms with van der Waals surface area (Å²) in [5.74, 6) is 2.43. The van der Waals surface area contributed by atoms with Gasteiger partial charge < -0.3 is 14.9 Å². The van der Waals surface area contributed by atoms with E-state index in [2.05, 4.69) is 18.7 Å². The normalized spacial score (nSPS) is 54.2. The zero-order valence-electron chi connectivity index (χ0n) is 19.1. The molecule has 170 valence electrons. The number of hydrogen-bond donors (Lipinski definition) is 2. The summed E-state index contributed by atoms with van der Waals surface area (Å²) in [7, 11) is 0. The van der Waals surface area contributed by atoms with Crippen molar-refractivity contribution in [3.05, 3.63) is 0 Å². The lowest BCUT2D eigenvalue weighted by atomic mass is 9.43. The van der Waals surface area contributed by atoms with Crippen LogP contribution >= 0.6 is 0 Å². The van der Waals surface area contributed by atoms with Crippen LogP contribution in [0.3, 0.4) is 0 Å². The number of ketones is 1. The molecule has 5 heteroatoms. The Balaban J connectivity index is 1.43. The molecule has 0 spiro atoms. The van der Waals surface area contributed by atoms with Gasteiger partial charge >= 0.3 is 0 Å². The predicted octanol–water partition coefficient (Wildman–Crippen LogP) is 2.88. The van der Waals surface area contributed by atoms with Crippen LogP contribution in [0, 0.1) is 40.4 Å². The van der Waals surface area contributed by atoms with Gasteiger partial charge in [0.05, 0.1) is 25.4 Å². The molecule has 1 aliphatic heterocycles. The van der Waals surface area contributed by atoms with E-state index in [4.69, 9.17) is 4.74 Å². The summed E-state index contributed by atoms with van der Waals surface area (Å²) in [5, 5.41) is 22.5. The maximum absolute atomic E-state index is 12.4. The highest BCUT2D eigenvalue weighted by molar-refractivity contribution is 5.79. The fourth-order valence-corrected chi connectivity index (χ4v) is 9.18. The smallest absolute Gasteiger partial charge is 0.133 e. The van der Waals surface area contributed by atoms with Crippen LogP contribution in [-0.4, -0.2) is 65.4 Å². The largest absolute Gasteiger partial charge is 0.393 e. The lowest BCUT2D eigenvalue weighted by Gasteiger charge is -2.63. The van der Waals surface area contributed by atoms with E-state index in [1.165, 1.54) is 12.8 Å². The lowest BCUT2D eigenvalue weighted by Crippen LogP contribution is -2.62. The molecular weight excluding hydrogens is 378 g/mol. The summed E-state index contributed by atoms with van der Waals surface area (Å²) in [6.07, 6.45) is 6.58. The van der Waals surface area contributed by atoms with Crippen molar-refractivity contribution in [3.8, 4) is 0 Å². The number of nitrogens with zero attached hydrogens (tertiary/aromatic N) is 1. The second kappa shape index (κ2) is 7.54. The molecule has 5 rings (SSSR count). The van der Waals surface area contributed by atoms with E-state index in [0.29, 0.717) is 23.7 Å².